The molecule has 0 radical (unpaired) electrons. The number of nitrogens with zero attached hydrogens (tertiary/aromatic N) is 4. The molecule has 7 nitrogen and oxygen atoms in total. The minimum absolute atomic E-state index is 0.144. The maximum absolute atomic E-state index is 9.73. The minimum Gasteiger partial charge on any atom is -0.392 e. The second-order valence-corrected chi connectivity index (χ2v) is 5.75. The molecule has 0 spiro atoms. The van der Waals surface area contributed by atoms with E-state index in [9.17, 15) is 5.11 Å². The number of β-amino-alcohol motifs (C(OH)–C–C–N with tert-alkyl or cyclic N) is 1. The third kappa shape index (κ3) is 2.88. The molecule has 23 heavy (non-hydrogen) atoms. The van der Waals surface area contributed by atoms with Gasteiger partial charge in [-0.2, -0.15) is 0 Å². The average Bonchev–Trinajstić information content (AvgIpc) is 2.99. The zero-order valence-corrected chi connectivity index (χ0v) is 12.6. The number of fused-ring (bicyclic) bond motifs is 1. The lowest BCUT2D eigenvalue weighted by Crippen LogP contribution is -2.45. The summed E-state index contributed by atoms with van der Waals surface area (Å²) in [5, 5.41) is 16.3. The number of imidazole rings is 1. The molecule has 4 heterocycles. The van der Waals surface area contributed by atoms with E-state index in [0.29, 0.717) is 18.8 Å². The van der Waals surface area contributed by atoms with Gasteiger partial charge < -0.3 is 15.7 Å². The van der Waals surface area contributed by atoms with Crippen molar-refractivity contribution in [3.63, 3.8) is 0 Å². The predicted molar refractivity (Wildman–Crippen MR) is 87.1 cm³/mol. The summed E-state index contributed by atoms with van der Waals surface area (Å²) in [6, 6.07) is 6.01. The first-order valence-electron chi connectivity index (χ1n) is 7.69. The number of piperidine rings is 1. The van der Waals surface area contributed by atoms with Crippen LogP contribution in [-0.4, -0.2) is 49.7 Å². The lowest BCUT2D eigenvalue weighted by molar-refractivity contribution is 0.136. The number of aliphatic hydroxyl groups is 1. The third-order valence-electron chi connectivity index (χ3n) is 3.99. The summed E-state index contributed by atoms with van der Waals surface area (Å²) in [6.07, 6.45) is 7.57. The van der Waals surface area contributed by atoms with E-state index in [1.807, 2.05) is 28.8 Å². The molecule has 0 aliphatic carbocycles. The number of hydrogen-bond donors (Lipinski definition) is 3. The van der Waals surface area contributed by atoms with Crippen LogP contribution >= 0.6 is 0 Å². The SMILES string of the molecule is O[C@H]1CNC[C@H](Nc2cncc(-c3cnc4ccccn34)n2)C1. The van der Waals surface area contributed by atoms with Gasteiger partial charge in [0.05, 0.1) is 30.4 Å². The van der Waals surface area contributed by atoms with E-state index in [4.69, 9.17) is 0 Å². The number of aromatic nitrogens is 4. The van der Waals surface area contributed by atoms with Crippen molar-refractivity contribution in [1.29, 1.82) is 0 Å². The molecule has 0 amide bonds. The minimum atomic E-state index is -0.323. The van der Waals surface area contributed by atoms with E-state index in [0.717, 1.165) is 23.6 Å². The van der Waals surface area contributed by atoms with Gasteiger partial charge in [-0.15, -0.1) is 0 Å². The Morgan fingerprint density at radius 1 is 1.22 bits per heavy atom. The van der Waals surface area contributed by atoms with Crippen LogP contribution in [0.3, 0.4) is 0 Å². The monoisotopic (exact) mass is 310 g/mol. The Morgan fingerprint density at radius 3 is 3.09 bits per heavy atom. The first kappa shape index (κ1) is 14.1. The standard InChI is InChI=1S/C16H18N6O/c23-12-5-11(6-17-7-12)20-15-10-18-8-13(21-15)14-9-19-16-3-1-2-4-22(14)16/h1-4,8-12,17,23H,5-7H2,(H,20,21)/t11-,12-/m1/s1. The molecule has 2 atom stereocenters. The maximum atomic E-state index is 9.73. The van der Waals surface area contributed by atoms with Gasteiger partial charge >= 0.3 is 0 Å². The molecule has 4 rings (SSSR count). The summed E-state index contributed by atoms with van der Waals surface area (Å²) in [5.41, 5.74) is 2.54. The van der Waals surface area contributed by atoms with Gasteiger partial charge in [0.1, 0.15) is 17.2 Å². The molecule has 0 unspecified atom stereocenters. The highest BCUT2D eigenvalue weighted by Crippen LogP contribution is 2.20. The summed E-state index contributed by atoms with van der Waals surface area (Å²) in [7, 11) is 0. The fraction of sp³-hybridized carbons (Fsp3) is 0.312. The Bertz CT molecular complexity index is 817. The van der Waals surface area contributed by atoms with Crippen LogP contribution in [0.4, 0.5) is 5.82 Å². The van der Waals surface area contributed by atoms with Crippen LogP contribution in [0, 0.1) is 0 Å². The highest BCUT2D eigenvalue weighted by atomic mass is 16.3. The molecule has 7 heteroatoms. The van der Waals surface area contributed by atoms with Crippen LogP contribution in [0.25, 0.3) is 17.0 Å². The van der Waals surface area contributed by atoms with Crippen LogP contribution < -0.4 is 10.6 Å². The van der Waals surface area contributed by atoms with E-state index in [2.05, 4.69) is 25.6 Å². The van der Waals surface area contributed by atoms with Crippen LogP contribution in [-0.2, 0) is 0 Å². The van der Waals surface area contributed by atoms with Crippen molar-refractivity contribution in [1.82, 2.24) is 24.7 Å². The van der Waals surface area contributed by atoms with Gasteiger partial charge in [-0.3, -0.25) is 9.38 Å². The smallest absolute Gasteiger partial charge is 0.145 e. The van der Waals surface area contributed by atoms with Crippen molar-refractivity contribution in [2.24, 2.45) is 0 Å². The lowest BCUT2D eigenvalue weighted by atomic mass is 10.1. The average molecular weight is 310 g/mol. The van der Waals surface area contributed by atoms with Crippen LogP contribution in [0.2, 0.25) is 0 Å². The number of anilines is 1. The largest absolute Gasteiger partial charge is 0.392 e. The topological polar surface area (TPSA) is 87.4 Å². The van der Waals surface area contributed by atoms with Crippen LogP contribution in [0.5, 0.6) is 0 Å². The molecule has 0 bridgehead atoms. The van der Waals surface area contributed by atoms with Gasteiger partial charge in [-0.1, -0.05) is 6.07 Å². The Balaban J connectivity index is 1.61. The second-order valence-electron chi connectivity index (χ2n) is 5.75. The molecule has 1 fully saturated rings. The first-order valence-corrected chi connectivity index (χ1v) is 7.69. The normalized spacial score (nSPS) is 21.4. The van der Waals surface area contributed by atoms with E-state index in [1.165, 1.54) is 0 Å². The fourth-order valence-corrected chi connectivity index (χ4v) is 2.92. The molecule has 3 N–H and O–H groups in total. The third-order valence-corrected chi connectivity index (χ3v) is 3.99. The van der Waals surface area contributed by atoms with Gasteiger partial charge in [0.15, 0.2) is 0 Å². The predicted octanol–water partition coefficient (Wildman–Crippen LogP) is 0.926. The fourth-order valence-electron chi connectivity index (χ4n) is 2.92. The molecule has 0 saturated carbocycles. The van der Waals surface area contributed by atoms with Crippen molar-refractivity contribution in [3.8, 4) is 11.4 Å². The molecular weight excluding hydrogens is 292 g/mol. The van der Waals surface area contributed by atoms with Crippen LogP contribution in [0.1, 0.15) is 6.42 Å². The Kier molecular flexibility index (Phi) is 3.64. The van der Waals surface area contributed by atoms with Gasteiger partial charge in [0.25, 0.3) is 0 Å². The van der Waals surface area contributed by atoms with Crippen molar-refractivity contribution in [3.05, 3.63) is 43.0 Å². The lowest BCUT2D eigenvalue weighted by Gasteiger charge is -2.27. The molecule has 0 aromatic carbocycles. The quantitative estimate of drug-likeness (QED) is 0.667. The van der Waals surface area contributed by atoms with E-state index >= 15 is 0 Å². The molecular formula is C16H18N6O. The highest BCUT2D eigenvalue weighted by Gasteiger charge is 2.20. The molecule has 1 saturated heterocycles. The summed E-state index contributed by atoms with van der Waals surface area (Å²) in [4.78, 5) is 13.3. The number of nitrogens with one attached hydrogen (secondary N) is 2. The molecule has 1 aliphatic heterocycles. The zero-order valence-electron chi connectivity index (χ0n) is 12.6. The van der Waals surface area contributed by atoms with Gasteiger partial charge in [0, 0.05) is 25.3 Å². The summed E-state index contributed by atoms with van der Waals surface area (Å²) < 4.78 is 1.99. The van der Waals surface area contributed by atoms with Crippen molar-refractivity contribution in [2.75, 3.05) is 18.4 Å². The second kappa shape index (κ2) is 5.94. The van der Waals surface area contributed by atoms with Crippen molar-refractivity contribution >= 4 is 11.5 Å². The van der Waals surface area contributed by atoms with Crippen LogP contribution in [0.15, 0.2) is 43.0 Å². The van der Waals surface area contributed by atoms with E-state index < -0.39 is 0 Å². The summed E-state index contributed by atoms with van der Waals surface area (Å²) in [6.45, 7) is 1.45. The zero-order chi connectivity index (χ0) is 15.6. The van der Waals surface area contributed by atoms with Gasteiger partial charge in [-0.25, -0.2) is 9.97 Å². The van der Waals surface area contributed by atoms with Crippen molar-refractivity contribution in [2.45, 2.75) is 18.6 Å². The maximum Gasteiger partial charge on any atom is 0.145 e. The Hall–Kier alpha value is -2.51. The number of pyridine rings is 1. The Morgan fingerprint density at radius 2 is 2.17 bits per heavy atom. The molecule has 1 aliphatic rings. The molecule has 3 aromatic heterocycles. The van der Waals surface area contributed by atoms with E-state index in [1.54, 1.807) is 18.6 Å². The first-order chi connectivity index (χ1) is 11.3. The van der Waals surface area contributed by atoms with Crippen molar-refractivity contribution < 1.29 is 5.11 Å². The van der Waals surface area contributed by atoms with Gasteiger partial charge in [-0.05, 0) is 18.6 Å². The summed E-state index contributed by atoms with van der Waals surface area (Å²) in [5.74, 6) is 0.703. The molecule has 118 valence electrons. The molecule has 3 aromatic rings. The summed E-state index contributed by atoms with van der Waals surface area (Å²) >= 11 is 0. The Labute approximate surface area is 133 Å². The highest BCUT2D eigenvalue weighted by molar-refractivity contribution is 5.60. The number of hydrogen-bond acceptors (Lipinski definition) is 6. The van der Waals surface area contributed by atoms with Gasteiger partial charge in [0.2, 0.25) is 0 Å². The van der Waals surface area contributed by atoms with E-state index in [-0.39, 0.29) is 12.1 Å². The number of rotatable bonds is 3. The number of aliphatic hydroxyl groups excluding tert-OH is 1.